The molecule has 7 heteroatoms. The van der Waals surface area contributed by atoms with Gasteiger partial charge in [-0.3, -0.25) is 0 Å². The third-order valence-electron chi connectivity index (χ3n) is 4.65. The van der Waals surface area contributed by atoms with Crippen LogP contribution >= 0.6 is 15.9 Å². The number of benzene rings is 1. The molecule has 0 amide bonds. The van der Waals surface area contributed by atoms with Gasteiger partial charge >= 0.3 is 0 Å². The lowest BCUT2D eigenvalue weighted by Crippen LogP contribution is -2.31. The first-order valence-corrected chi connectivity index (χ1v) is 9.59. The highest BCUT2D eigenvalue weighted by molar-refractivity contribution is 9.10. The number of nitrogens with one attached hydrogen (secondary N) is 1. The van der Waals surface area contributed by atoms with Gasteiger partial charge in [0.25, 0.3) is 0 Å². The minimum atomic E-state index is 0.206. The fourth-order valence-electron chi connectivity index (χ4n) is 3.37. The van der Waals surface area contributed by atoms with E-state index in [2.05, 4.69) is 41.2 Å². The van der Waals surface area contributed by atoms with E-state index in [1.165, 1.54) is 0 Å². The normalized spacial score (nSPS) is 20.1. The Kier molecular flexibility index (Phi) is 4.97. The van der Waals surface area contributed by atoms with Gasteiger partial charge in [0.2, 0.25) is 0 Å². The molecule has 134 valence electrons. The molecule has 0 saturated heterocycles. The molecule has 0 aliphatic heterocycles. The molecule has 0 radical (unpaired) electrons. The molecule has 1 aliphatic carbocycles. The van der Waals surface area contributed by atoms with Crippen molar-refractivity contribution < 1.29 is 4.74 Å². The van der Waals surface area contributed by atoms with Crippen molar-refractivity contribution >= 4 is 32.7 Å². The molecule has 1 aliphatic rings. The zero-order valence-corrected chi connectivity index (χ0v) is 16.1. The van der Waals surface area contributed by atoms with Crippen molar-refractivity contribution in [2.75, 3.05) is 5.32 Å². The Morgan fingerprint density at radius 3 is 2.81 bits per heavy atom. The largest absolute Gasteiger partial charge is 0.490 e. The quantitative estimate of drug-likeness (QED) is 0.687. The van der Waals surface area contributed by atoms with Crippen molar-refractivity contribution in [1.29, 1.82) is 0 Å². The summed E-state index contributed by atoms with van der Waals surface area (Å²) < 4.78 is 7.27. The minimum Gasteiger partial charge on any atom is -0.490 e. The Balaban J connectivity index is 1.40. The number of rotatable bonds is 4. The molecule has 1 fully saturated rings. The van der Waals surface area contributed by atoms with Gasteiger partial charge < -0.3 is 10.1 Å². The average Bonchev–Trinajstić information content (AvgIpc) is 2.63. The van der Waals surface area contributed by atoms with Crippen molar-refractivity contribution in [1.82, 2.24) is 19.9 Å². The van der Waals surface area contributed by atoms with Crippen LogP contribution in [0.15, 0.2) is 41.4 Å². The van der Waals surface area contributed by atoms with Crippen LogP contribution in [0, 0.1) is 6.92 Å². The van der Waals surface area contributed by atoms with E-state index in [9.17, 15) is 0 Å². The van der Waals surface area contributed by atoms with E-state index >= 15 is 0 Å². The molecule has 0 spiro atoms. The standard InChI is InChI=1S/C19H20BrN5O/c1-12-22-7-6-19(24-12)25-14-2-4-15(5-3-14)26-18-9-13(20)8-17-16(18)10-21-11-23-17/h6-11,14-15H,2-5H2,1H3,(H,22,24,25). The lowest BCUT2D eigenvalue weighted by Gasteiger charge is -2.30. The van der Waals surface area contributed by atoms with Crippen LogP contribution in [-0.2, 0) is 0 Å². The number of anilines is 1. The van der Waals surface area contributed by atoms with Crippen molar-refractivity contribution in [2.45, 2.75) is 44.8 Å². The first-order chi connectivity index (χ1) is 12.7. The number of ether oxygens (including phenoxy) is 1. The van der Waals surface area contributed by atoms with Crippen LogP contribution in [0.4, 0.5) is 5.82 Å². The molecule has 3 aromatic rings. The van der Waals surface area contributed by atoms with Gasteiger partial charge in [0.05, 0.1) is 17.0 Å². The number of hydrogen-bond donors (Lipinski definition) is 1. The molecule has 0 unspecified atom stereocenters. The summed E-state index contributed by atoms with van der Waals surface area (Å²) in [6, 6.07) is 6.32. The van der Waals surface area contributed by atoms with E-state index in [0.29, 0.717) is 6.04 Å². The van der Waals surface area contributed by atoms with E-state index < -0.39 is 0 Å². The minimum absolute atomic E-state index is 0.206. The summed E-state index contributed by atoms with van der Waals surface area (Å²) in [5.41, 5.74) is 0.888. The maximum absolute atomic E-state index is 6.30. The molecule has 2 aromatic heterocycles. The topological polar surface area (TPSA) is 72.8 Å². The van der Waals surface area contributed by atoms with Crippen LogP contribution in [-0.4, -0.2) is 32.1 Å². The fraction of sp³-hybridized carbons (Fsp3) is 0.368. The number of aryl methyl sites for hydroxylation is 1. The number of aromatic nitrogens is 4. The van der Waals surface area contributed by atoms with Crippen molar-refractivity contribution in [3.05, 3.63) is 47.2 Å². The van der Waals surface area contributed by atoms with Crippen LogP contribution in [0.25, 0.3) is 10.9 Å². The molecule has 6 nitrogen and oxygen atoms in total. The van der Waals surface area contributed by atoms with Gasteiger partial charge in [-0.15, -0.1) is 0 Å². The van der Waals surface area contributed by atoms with Gasteiger partial charge in [-0.25, -0.2) is 19.9 Å². The molecule has 26 heavy (non-hydrogen) atoms. The zero-order valence-electron chi connectivity index (χ0n) is 14.5. The van der Waals surface area contributed by atoms with Gasteiger partial charge in [0.15, 0.2) is 0 Å². The predicted octanol–water partition coefficient (Wildman–Crippen LogP) is 4.29. The number of halogens is 1. The maximum Gasteiger partial charge on any atom is 0.131 e. The fourth-order valence-corrected chi connectivity index (χ4v) is 3.79. The highest BCUT2D eigenvalue weighted by Crippen LogP contribution is 2.32. The average molecular weight is 414 g/mol. The van der Waals surface area contributed by atoms with Gasteiger partial charge in [0, 0.05) is 22.9 Å². The number of nitrogens with zero attached hydrogens (tertiary/aromatic N) is 4. The number of hydrogen-bond acceptors (Lipinski definition) is 6. The molecule has 4 rings (SSSR count). The molecule has 0 atom stereocenters. The van der Waals surface area contributed by atoms with E-state index in [1.807, 2.05) is 31.3 Å². The summed E-state index contributed by atoms with van der Waals surface area (Å²) in [4.78, 5) is 17.0. The van der Waals surface area contributed by atoms with Gasteiger partial charge in [-0.05, 0) is 50.8 Å². The van der Waals surface area contributed by atoms with E-state index in [1.54, 1.807) is 12.5 Å². The summed E-state index contributed by atoms with van der Waals surface area (Å²) in [6.45, 7) is 1.90. The Labute approximate surface area is 160 Å². The van der Waals surface area contributed by atoms with Gasteiger partial charge in [0.1, 0.15) is 23.7 Å². The van der Waals surface area contributed by atoms with Crippen molar-refractivity contribution in [3.63, 3.8) is 0 Å². The highest BCUT2D eigenvalue weighted by Gasteiger charge is 2.23. The smallest absolute Gasteiger partial charge is 0.131 e. The first-order valence-electron chi connectivity index (χ1n) is 8.79. The lowest BCUT2D eigenvalue weighted by molar-refractivity contribution is 0.152. The third kappa shape index (κ3) is 3.93. The van der Waals surface area contributed by atoms with Gasteiger partial charge in [-0.2, -0.15) is 0 Å². The van der Waals surface area contributed by atoms with Crippen LogP contribution in [0.2, 0.25) is 0 Å². The first kappa shape index (κ1) is 17.1. The van der Waals surface area contributed by atoms with E-state index in [-0.39, 0.29) is 6.10 Å². The Morgan fingerprint density at radius 1 is 1.15 bits per heavy atom. The molecular formula is C19H20BrN5O. The maximum atomic E-state index is 6.30. The third-order valence-corrected chi connectivity index (χ3v) is 5.11. The molecule has 1 N–H and O–H groups in total. The molecular weight excluding hydrogens is 394 g/mol. The number of fused-ring (bicyclic) bond motifs is 1. The zero-order chi connectivity index (χ0) is 17.9. The molecule has 2 heterocycles. The van der Waals surface area contributed by atoms with Crippen LogP contribution < -0.4 is 10.1 Å². The van der Waals surface area contributed by atoms with Crippen LogP contribution in [0.3, 0.4) is 0 Å². The molecule has 1 aromatic carbocycles. The lowest BCUT2D eigenvalue weighted by atomic mass is 9.93. The summed E-state index contributed by atoms with van der Waals surface area (Å²) in [5, 5.41) is 4.46. The van der Waals surface area contributed by atoms with E-state index in [0.717, 1.165) is 58.5 Å². The van der Waals surface area contributed by atoms with Crippen LogP contribution in [0.5, 0.6) is 5.75 Å². The Hall–Kier alpha value is -2.28. The summed E-state index contributed by atoms with van der Waals surface area (Å²) in [5.74, 6) is 2.53. The molecule has 1 saturated carbocycles. The Bertz CT molecular complexity index is 911. The summed E-state index contributed by atoms with van der Waals surface area (Å²) in [7, 11) is 0. The van der Waals surface area contributed by atoms with Crippen molar-refractivity contribution in [3.8, 4) is 5.75 Å². The SMILES string of the molecule is Cc1nccc(NC2CCC(Oc3cc(Br)cc4ncncc34)CC2)n1. The van der Waals surface area contributed by atoms with Crippen molar-refractivity contribution in [2.24, 2.45) is 0 Å². The second-order valence-corrected chi connectivity index (χ2v) is 7.50. The van der Waals surface area contributed by atoms with E-state index in [4.69, 9.17) is 4.74 Å². The van der Waals surface area contributed by atoms with Gasteiger partial charge in [-0.1, -0.05) is 15.9 Å². The van der Waals surface area contributed by atoms with Crippen LogP contribution in [0.1, 0.15) is 31.5 Å². The highest BCUT2D eigenvalue weighted by atomic mass is 79.9. The monoisotopic (exact) mass is 413 g/mol. The Morgan fingerprint density at radius 2 is 2.00 bits per heavy atom. The second-order valence-electron chi connectivity index (χ2n) is 6.58. The molecule has 0 bridgehead atoms. The predicted molar refractivity (Wildman–Crippen MR) is 104 cm³/mol. The summed E-state index contributed by atoms with van der Waals surface area (Å²) >= 11 is 3.54. The summed E-state index contributed by atoms with van der Waals surface area (Å²) in [6.07, 6.45) is 9.48. The second kappa shape index (κ2) is 7.53.